The first-order valence-corrected chi connectivity index (χ1v) is 4.97. The van der Waals surface area contributed by atoms with Crippen molar-refractivity contribution in [1.82, 2.24) is 20.3 Å². The summed E-state index contributed by atoms with van der Waals surface area (Å²) in [5, 5.41) is 2.80. The summed E-state index contributed by atoms with van der Waals surface area (Å²) in [6.07, 6.45) is 7.00. The summed E-state index contributed by atoms with van der Waals surface area (Å²) < 4.78 is 0. The Kier molecular flexibility index (Phi) is 3.28. The monoisotopic (exact) mass is 216 g/mol. The van der Waals surface area contributed by atoms with Crippen molar-refractivity contribution in [2.24, 2.45) is 0 Å². The van der Waals surface area contributed by atoms with E-state index in [1.807, 2.05) is 12.1 Å². The van der Waals surface area contributed by atoms with Gasteiger partial charge in [-0.05, 0) is 17.7 Å². The van der Waals surface area contributed by atoms with Gasteiger partial charge < -0.3 is 10.3 Å². The molecule has 2 N–H and O–H groups in total. The maximum Gasteiger partial charge on any atom is 0.224 e. The van der Waals surface area contributed by atoms with Crippen LogP contribution < -0.4 is 5.32 Å². The Hall–Kier alpha value is -2.17. The van der Waals surface area contributed by atoms with E-state index >= 15 is 0 Å². The van der Waals surface area contributed by atoms with Gasteiger partial charge in [0.2, 0.25) is 5.91 Å². The molecule has 82 valence electrons. The Morgan fingerprint density at radius 2 is 2.12 bits per heavy atom. The second-order valence-electron chi connectivity index (χ2n) is 3.39. The Morgan fingerprint density at radius 1 is 1.31 bits per heavy atom. The molecule has 0 saturated heterocycles. The van der Waals surface area contributed by atoms with Gasteiger partial charge in [-0.2, -0.15) is 0 Å². The molecule has 0 aliphatic rings. The lowest BCUT2D eigenvalue weighted by Gasteiger charge is -2.03. The average molecular weight is 216 g/mol. The van der Waals surface area contributed by atoms with Crippen molar-refractivity contribution >= 4 is 5.91 Å². The molecule has 0 fully saturated rings. The topological polar surface area (TPSA) is 70.7 Å². The van der Waals surface area contributed by atoms with Crippen LogP contribution in [0.2, 0.25) is 0 Å². The molecule has 16 heavy (non-hydrogen) atoms. The first kappa shape index (κ1) is 10.4. The van der Waals surface area contributed by atoms with Crippen LogP contribution in [0.3, 0.4) is 0 Å². The van der Waals surface area contributed by atoms with Crippen molar-refractivity contribution in [2.75, 3.05) is 0 Å². The predicted octanol–water partition coefficient (Wildman–Crippen LogP) is 0.664. The lowest BCUT2D eigenvalue weighted by Crippen LogP contribution is -2.24. The van der Waals surface area contributed by atoms with Gasteiger partial charge in [0.15, 0.2) is 0 Å². The van der Waals surface area contributed by atoms with Gasteiger partial charge in [-0.1, -0.05) is 0 Å². The minimum absolute atomic E-state index is 0.0131. The zero-order valence-electron chi connectivity index (χ0n) is 8.68. The highest BCUT2D eigenvalue weighted by Crippen LogP contribution is 1.97. The maximum atomic E-state index is 11.5. The number of amides is 1. The van der Waals surface area contributed by atoms with E-state index in [2.05, 4.69) is 20.3 Å². The van der Waals surface area contributed by atoms with Gasteiger partial charge in [-0.3, -0.25) is 9.78 Å². The van der Waals surface area contributed by atoms with Crippen LogP contribution in [-0.4, -0.2) is 20.9 Å². The van der Waals surface area contributed by atoms with Gasteiger partial charge in [0.25, 0.3) is 0 Å². The summed E-state index contributed by atoms with van der Waals surface area (Å²) in [6, 6.07) is 3.66. The molecule has 0 saturated carbocycles. The molecule has 0 atom stereocenters. The van der Waals surface area contributed by atoms with Crippen LogP contribution in [0.4, 0.5) is 0 Å². The largest absolute Gasteiger partial charge is 0.350 e. The van der Waals surface area contributed by atoms with Gasteiger partial charge in [-0.15, -0.1) is 0 Å². The molecule has 2 aromatic rings. The molecule has 0 aliphatic carbocycles. The van der Waals surface area contributed by atoms with E-state index in [1.54, 1.807) is 24.9 Å². The van der Waals surface area contributed by atoms with Crippen LogP contribution in [0.1, 0.15) is 11.3 Å². The molecule has 2 rings (SSSR count). The fourth-order valence-electron chi connectivity index (χ4n) is 1.32. The quantitative estimate of drug-likeness (QED) is 0.788. The SMILES string of the molecule is O=C(Cc1ccncc1)NCc1cnc[nH]1. The van der Waals surface area contributed by atoms with Crippen molar-refractivity contribution in [2.45, 2.75) is 13.0 Å². The predicted molar refractivity (Wildman–Crippen MR) is 58.4 cm³/mol. The number of carbonyl (C=O) groups excluding carboxylic acids is 1. The first-order valence-electron chi connectivity index (χ1n) is 4.97. The number of pyridine rings is 1. The third kappa shape index (κ3) is 2.91. The number of rotatable bonds is 4. The Balaban J connectivity index is 1.81. The molecule has 2 heterocycles. The number of carbonyl (C=O) groups is 1. The van der Waals surface area contributed by atoms with Gasteiger partial charge >= 0.3 is 0 Å². The van der Waals surface area contributed by atoms with Crippen molar-refractivity contribution in [3.8, 4) is 0 Å². The van der Waals surface area contributed by atoms with E-state index < -0.39 is 0 Å². The average Bonchev–Trinajstić information content (AvgIpc) is 2.81. The number of nitrogens with zero attached hydrogens (tertiary/aromatic N) is 2. The molecule has 0 spiro atoms. The number of hydrogen-bond donors (Lipinski definition) is 2. The van der Waals surface area contributed by atoms with Crippen LogP contribution in [0.5, 0.6) is 0 Å². The van der Waals surface area contributed by atoms with Crippen LogP contribution in [-0.2, 0) is 17.8 Å². The van der Waals surface area contributed by atoms with E-state index in [1.165, 1.54) is 0 Å². The third-order valence-electron chi connectivity index (χ3n) is 2.14. The number of aromatic amines is 1. The minimum Gasteiger partial charge on any atom is -0.350 e. The van der Waals surface area contributed by atoms with Crippen LogP contribution in [0.15, 0.2) is 37.1 Å². The van der Waals surface area contributed by atoms with Crippen LogP contribution in [0.25, 0.3) is 0 Å². The molecule has 2 aromatic heterocycles. The lowest BCUT2D eigenvalue weighted by molar-refractivity contribution is -0.120. The molecule has 0 radical (unpaired) electrons. The van der Waals surface area contributed by atoms with Crippen molar-refractivity contribution in [3.63, 3.8) is 0 Å². The fourth-order valence-corrected chi connectivity index (χ4v) is 1.32. The molecule has 0 aromatic carbocycles. The number of aromatic nitrogens is 3. The smallest absolute Gasteiger partial charge is 0.224 e. The van der Waals surface area contributed by atoms with Crippen molar-refractivity contribution in [3.05, 3.63) is 48.3 Å². The molecule has 1 amide bonds. The highest BCUT2D eigenvalue weighted by Gasteiger charge is 2.02. The van der Waals surface area contributed by atoms with E-state index in [9.17, 15) is 4.79 Å². The van der Waals surface area contributed by atoms with Crippen LogP contribution >= 0.6 is 0 Å². The highest BCUT2D eigenvalue weighted by atomic mass is 16.1. The minimum atomic E-state index is -0.0131. The van der Waals surface area contributed by atoms with Crippen molar-refractivity contribution < 1.29 is 4.79 Å². The summed E-state index contributed by atoms with van der Waals surface area (Å²) in [5.41, 5.74) is 1.85. The number of hydrogen-bond acceptors (Lipinski definition) is 3. The lowest BCUT2D eigenvalue weighted by atomic mass is 10.2. The molecular formula is C11H12N4O. The standard InChI is InChI=1S/C11H12N4O/c16-11(5-9-1-3-12-4-2-9)14-7-10-6-13-8-15-10/h1-4,6,8H,5,7H2,(H,13,15)(H,14,16). The maximum absolute atomic E-state index is 11.5. The zero-order chi connectivity index (χ0) is 11.2. The second-order valence-corrected chi connectivity index (χ2v) is 3.39. The van der Waals surface area contributed by atoms with Crippen molar-refractivity contribution in [1.29, 1.82) is 0 Å². The summed E-state index contributed by atoms with van der Waals surface area (Å²) in [6.45, 7) is 0.476. The van der Waals surface area contributed by atoms with Crippen LogP contribution in [0, 0.1) is 0 Å². The van der Waals surface area contributed by atoms with Gasteiger partial charge in [0.1, 0.15) is 0 Å². The first-order chi connectivity index (χ1) is 7.84. The summed E-state index contributed by atoms with van der Waals surface area (Å²) in [5.74, 6) is -0.0131. The number of imidazole rings is 1. The summed E-state index contributed by atoms with van der Waals surface area (Å²) in [4.78, 5) is 22.2. The third-order valence-corrected chi connectivity index (χ3v) is 2.14. The Bertz CT molecular complexity index is 438. The van der Waals surface area contributed by atoms with E-state index in [-0.39, 0.29) is 5.91 Å². The van der Waals surface area contributed by atoms with E-state index in [0.29, 0.717) is 13.0 Å². The Labute approximate surface area is 92.9 Å². The normalized spacial score (nSPS) is 10.0. The molecule has 5 heteroatoms. The zero-order valence-corrected chi connectivity index (χ0v) is 8.68. The molecular weight excluding hydrogens is 204 g/mol. The van der Waals surface area contributed by atoms with E-state index in [0.717, 1.165) is 11.3 Å². The van der Waals surface area contributed by atoms with E-state index in [4.69, 9.17) is 0 Å². The molecule has 5 nitrogen and oxygen atoms in total. The summed E-state index contributed by atoms with van der Waals surface area (Å²) >= 11 is 0. The van der Waals surface area contributed by atoms with Gasteiger partial charge in [-0.25, -0.2) is 4.98 Å². The number of nitrogens with one attached hydrogen (secondary N) is 2. The molecule has 0 unspecified atom stereocenters. The molecule has 0 bridgehead atoms. The van der Waals surface area contributed by atoms with Gasteiger partial charge in [0, 0.05) is 18.6 Å². The Morgan fingerprint density at radius 3 is 2.81 bits per heavy atom. The second kappa shape index (κ2) is 5.06. The molecule has 0 aliphatic heterocycles. The highest BCUT2D eigenvalue weighted by molar-refractivity contribution is 5.78. The summed E-state index contributed by atoms with van der Waals surface area (Å²) in [7, 11) is 0. The van der Waals surface area contributed by atoms with Gasteiger partial charge in [0.05, 0.1) is 25.0 Å². The number of H-pyrrole nitrogens is 1. The fraction of sp³-hybridized carbons (Fsp3) is 0.182.